The number of alkyl halides is 2. The van der Waals surface area contributed by atoms with Crippen LogP contribution in [0.5, 0.6) is 0 Å². The molecule has 3 heterocycles. The van der Waals surface area contributed by atoms with Crippen LogP contribution in [0.25, 0.3) is 11.1 Å². The van der Waals surface area contributed by atoms with Gasteiger partial charge < -0.3 is 20.6 Å². The van der Waals surface area contributed by atoms with Gasteiger partial charge in [-0.15, -0.1) is 0 Å². The fraction of sp³-hybridized carbons (Fsp3) is 0.467. The van der Waals surface area contributed by atoms with Crippen molar-refractivity contribution in [2.75, 3.05) is 6.54 Å². The molecule has 3 saturated heterocycles. The minimum atomic E-state index is -3.22. The fourth-order valence-electron chi connectivity index (χ4n) is 7.19. The van der Waals surface area contributed by atoms with Gasteiger partial charge >= 0.3 is 0 Å². The van der Waals surface area contributed by atoms with Crippen LogP contribution in [0.3, 0.4) is 0 Å². The van der Waals surface area contributed by atoms with E-state index >= 15 is 8.78 Å². The van der Waals surface area contributed by atoms with E-state index in [1.807, 2.05) is 6.07 Å². The van der Waals surface area contributed by atoms with Gasteiger partial charge in [0.25, 0.3) is 11.8 Å². The van der Waals surface area contributed by atoms with Gasteiger partial charge in [0.15, 0.2) is 5.60 Å². The summed E-state index contributed by atoms with van der Waals surface area (Å²) in [6, 6.07) is 9.88. The molecule has 1 saturated carbocycles. The molecule has 41 heavy (non-hydrogen) atoms. The van der Waals surface area contributed by atoms with Crippen LogP contribution in [-0.4, -0.2) is 58.3 Å². The standard InChI is InChI=1S/C30H29ClF2N4O4/c31-17-7-9-21-20-5-1-2-6-22(20)30(41,24(21)13-17)28(40)37-19-8-10-23(29(32,33)14-19)25(37)27(39)36-18(15-34)12-16-4-3-11-35-26(16)38/h1-2,5-7,9,13,16,18-19,23,25,41H,3-4,8,10-12,14H2,(H,35,38)(H,36,39)/t16-,18+,19+,23+,25-,30-/m0/s1. The molecule has 3 amide bonds. The van der Waals surface area contributed by atoms with Gasteiger partial charge in [0.1, 0.15) is 12.1 Å². The van der Waals surface area contributed by atoms with Crippen LogP contribution in [0, 0.1) is 23.2 Å². The van der Waals surface area contributed by atoms with Crippen LogP contribution in [0.2, 0.25) is 5.02 Å². The number of hydrogen-bond donors (Lipinski definition) is 3. The van der Waals surface area contributed by atoms with E-state index in [1.54, 1.807) is 36.4 Å². The van der Waals surface area contributed by atoms with Crippen molar-refractivity contribution in [3.8, 4) is 17.2 Å². The summed E-state index contributed by atoms with van der Waals surface area (Å²) in [5.74, 6) is -7.19. The molecule has 7 rings (SSSR count). The summed E-state index contributed by atoms with van der Waals surface area (Å²) in [5.41, 5.74) is -0.546. The van der Waals surface area contributed by atoms with Crippen molar-refractivity contribution in [3.63, 3.8) is 0 Å². The van der Waals surface area contributed by atoms with Gasteiger partial charge in [0.2, 0.25) is 11.8 Å². The van der Waals surface area contributed by atoms with E-state index in [4.69, 9.17) is 11.6 Å². The quantitative estimate of drug-likeness (QED) is 0.498. The molecule has 2 aliphatic carbocycles. The van der Waals surface area contributed by atoms with Gasteiger partial charge in [0, 0.05) is 41.1 Å². The highest BCUT2D eigenvalue weighted by Gasteiger charge is 2.63. The maximum atomic E-state index is 15.3. The number of benzene rings is 2. The molecule has 3 N–H and O–H groups in total. The molecule has 0 radical (unpaired) electrons. The average molecular weight is 583 g/mol. The Morgan fingerprint density at radius 3 is 2.66 bits per heavy atom. The van der Waals surface area contributed by atoms with Crippen LogP contribution in [0.15, 0.2) is 42.5 Å². The Morgan fingerprint density at radius 1 is 1.17 bits per heavy atom. The van der Waals surface area contributed by atoms with E-state index in [1.165, 1.54) is 6.07 Å². The molecule has 11 heteroatoms. The Hall–Kier alpha value is -3.55. The van der Waals surface area contributed by atoms with Crippen molar-refractivity contribution in [1.82, 2.24) is 15.5 Å². The zero-order chi connectivity index (χ0) is 29.1. The summed E-state index contributed by atoms with van der Waals surface area (Å²) < 4.78 is 30.6. The average Bonchev–Trinajstić information content (AvgIpc) is 3.21. The largest absolute Gasteiger partial charge is 0.372 e. The third kappa shape index (κ3) is 4.37. The molecule has 2 aromatic carbocycles. The Labute approximate surface area is 240 Å². The van der Waals surface area contributed by atoms with Crippen molar-refractivity contribution in [2.24, 2.45) is 11.8 Å². The fourth-order valence-corrected chi connectivity index (χ4v) is 7.36. The third-order valence-electron chi connectivity index (χ3n) is 9.12. The van der Waals surface area contributed by atoms with E-state index in [0.717, 1.165) is 11.3 Å². The highest BCUT2D eigenvalue weighted by atomic mass is 35.5. The summed E-state index contributed by atoms with van der Waals surface area (Å²) >= 11 is 6.27. The molecule has 214 valence electrons. The lowest BCUT2D eigenvalue weighted by atomic mass is 9.70. The number of nitrogens with zero attached hydrogens (tertiary/aromatic N) is 2. The topological polar surface area (TPSA) is 123 Å². The minimum Gasteiger partial charge on any atom is -0.372 e. The molecule has 8 nitrogen and oxygen atoms in total. The van der Waals surface area contributed by atoms with Gasteiger partial charge in [-0.2, -0.15) is 5.26 Å². The number of fused-ring (bicyclic) bond motifs is 6. The number of carbonyl (C=O) groups is 3. The Morgan fingerprint density at radius 2 is 1.93 bits per heavy atom. The molecule has 6 atom stereocenters. The van der Waals surface area contributed by atoms with E-state index in [9.17, 15) is 24.8 Å². The summed E-state index contributed by atoms with van der Waals surface area (Å²) in [6.07, 6.45) is 0.943. The first-order chi connectivity index (χ1) is 19.6. The lowest BCUT2D eigenvalue weighted by Crippen LogP contribution is -2.70. The molecule has 4 fully saturated rings. The molecule has 5 aliphatic rings. The summed E-state index contributed by atoms with van der Waals surface area (Å²) in [6.45, 7) is 0.538. The van der Waals surface area contributed by atoms with Crippen LogP contribution < -0.4 is 10.6 Å². The second kappa shape index (κ2) is 10.1. The first kappa shape index (κ1) is 27.6. The molecule has 2 bridgehead atoms. The number of rotatable bonds is 5. The van der Waals surface area contributed by atoms with Crippen molar-refractivity contribution < 1.29 is 28.3 Å². The molecular weight excluding hydrogens is 554 g/mol. The Kier molecular flexibility index (Phi) is 6.78. The zero-order valence-corrected chi connectivity index (χ0v) is 22.8. The number of amides is 3. The van der Waals surface area contributed by atoms with Crippen molar-refractivity contribution in [1.29, 1.82) is 5.26 Å². The highest BCUT2D eigenvalue weighted by molar-refractivity contribution is 6.31. The Bertz CT molecular complexity index is 1480. The van der Waals surface area contributed by atoms with E-state index in [0.29, 0.717) is 24.1 Å². The van der Waals surface area contributed by atoms with E-state index in [2.05, 4.69) is 10.6 Å². The number of nitriles is 1. The Balaban J connectivity index is 1.36. The molecule has 0 aromatic heterocycles. The van der Waals surface area contributed by atoms with E-state index in [-0.39, 0.29) is 41.3 Å². The predicted octanol–water partition coefficient (Wildman–Crippen LogP) is 3.50. The highest BCUT2D eigenvalue weighted by Crippen LogP contribution is 2.54. The minimum absolute atomic E-state index is 0.0131. The SMILES string of the molecule is N#C[C@@H](C[C@@H]1CCCNC1=O)NC(=O)[C@@H]1[C@H]2CC[C@H](CC2(F)F)N1C(=O)[C@]1(O)c2ccccc2-c2ccc(Cl)cc21. The summed E-state index contributed by atoms with van der Waals surface area (Å²) in [4.78, 5) is 41.6. The predicted molar refractivity (Wildman–Crippen MR) is 144 cm³/mol. The number of carbonyl (C=O) groups excluding carboxylic acids is 3. The maximum absolute atomic E-state index is 15.3. The first-order valence-electron chi connectivity index (χ1n) is 13.9. The van der Waals surface area contributed by atoms with Gasteiger partial charge in [-0.05, 0) is 55.4 Å². The summed E-state index contributed by atoms with van der Waals surface area (Å²) in [7, 11) is 0. The lowest BCUT2D eigenvalue weighted by molar-refractivity contribution is -0.201. The number of piperidine rings is 3. The second-order valence-electron chi connectivity index (χ2n) is 11.5. The normalized spacial score (nSPS) is 30.0. The third-order valence-corrected chi connectivity index (χ3v) is 9.35. The van der Waals surface area contributed by atoms with Gasteiger partial charge in [-0.1, -0.05) is 41.9 Å². The van der Waals surface area contributed by atoms with Crippen LogP contribution in [0.1, 0.15) is 49.7 Å². The number of halogens is 3. The monoisotopic (exact) mass is 582 g/mol. The zero-order valence-electron chi connectivity index (χ0n) is 22.1. The van der Waals surface area contributed by atoms with Gasteiger partial charge in [-0.3, -0.25) is 14.4 Å². The smallest absolute Gasteiger partial charge is 0.264 e. The van der Waals surface area contributed by atoms with Crippen LogP contribution >= 0.6 is 11.6 Å². The van der Waals surface area contributed by atoms with Crippen molar-refractivity contribution in [2.45, 2.75) is 68.2 Å². The molecule has 0 unspecified atom stereocenters. The maximum Gasteiger partial charge on any atom is 0.264 e. The van der Waals surface area contributed by atoms with Crippen molar-refractivity contribution >= 4 is 29.3 Å². The first-order valence-corrected chi connectivity index (χ1v) is 14.2. The molecule has 2 aromatic rings. The molecular formula is C30H29ClF2N4O4. The molecule has 0 spiro atoms. The number of nitrogens with one attached hydrogen (secondary N) is 2. The number of aliphatic hydroxyl groups is 1. The number of hydrogen-bond acceptors (Lipinski definition) is 5. The van der Waals surface area contributed by atoms with Crippen molar-refractivity contribution in [3.05, 3.63) is 58.6 Å². The summed E-state index contributed by atoms with van der Waals surface area (Å²) in [5, 5.41) is 27.6. The van der Waals surface area contributed by atoms with Crippen LogP contribution in [0.4, 0.5) is 8.78 Å². The van der Waals surface area contributed by atoms with Crippen LogP contribution in [-0.2, 0) is 20.0 Å². The van der Waals surface area contributed by atoms with Gasteiger partial charge in [-0.25, -0.2) is 8.78 Å². The second-order valence-corrected chi connectivity index (χ2v) is 11.9. The molecule has 3 aliphatic heterocycles. The van der Waals surface area contributed by atoms with E-state index < -0.39 is 59.7 Å². The lowest BCUT2D eigenvalue weighted by Gasteiger charge is -2.54. The van der Waals surface area contributed by atoms with Gasteiger partial charge in [0.05, 0.1) is 12.0 Å².